The molecule has 1 aliphatic rings. The van der Waals surface area contributed by atoms with Crippen molar-refractivity contribution in [1.29, 1.82) is 0 Å². The number of aryl methyl sites for hydroxylation is 1. The van der Waals surface area contributed by atoms with Crippen LogP contribution >= 0.6 is 15.9 Å². The minimum absolute atomic E-state index is 0.0168. The molecule has 0 radical (unpaired) electrons. The number of anilines is 1. The Balaban J connectivity index is 1.79. The molecule has 0 saturated carbocycles. The third kappa shape index (κ3) is 5.21. The predicted molar refractivity (Wildman–Crippen MR) is 112 cm³/mol. The number of nitrogens with one attached hydrogen (secondary N) is 1. The summed E-state index contributed by atoms with van der Waals surface area (Å²) in [4.78, 5) is 11.3. The van der Waals surface area contributed by atoms with Gasteiger partial charge in [-0.1, -0.05) is 15.9 Å². The highest BCUT2D eigenvalue weighted by Crippen LogP contribution is 2.27. The monoisotopic (exact) mass is 468 g/mol. The Hall–Kier alpha value is -1.71. The molecule has 9 heteroatoms. The lowest BCUT2D eigenvalue weighted by Gasteiger charge is -2.28. The van der Waals surface area contributed by atoms with Gasteiger partial charge in [-0.25, -0.2) is 23.1 Å². The van der Waals surface area contributed by atoms with E-state index >= 15 is 0 Å². The average molecular weight is 469 g/mol. The van der Waals surface area contributed by atoms with Crippen LogP contribution in [0.25, 0.3) is 0 Å². The van der Waals surface area contributed by atoms with Gasteiger partial charge in [-0.05, 0) is 51.3 Å². The predicted octanol–water partition coefficient (Wildman–Crippen LogP) is 3.42. The van der Waals surface area contributed by atoms with Gasteiger partial charge in [-0.3, -0.25) is 0 Å². The third-order valence-corrected chi connectivity index (χ3v) is 6.40. The summed E-state index contributed by atoms with van der Waals surface area (Å²) < 4.78 is 34.4. The summed E-state index contributed by atoms with van der Waals surface area (Å²) in [6.45, 7) is 6.05. The van der Waals surface area contributed by atoms with Crippen molar-refractivity contribution < 1.29 is 13.2 Å². The highest BCUT2D eigenvalue weighted by Gasteiger charge is 2.21. The van der Waals surface area contributed by atoms with Crippen LogP contribution in [0.3, 0.4) is 0 Å². The van der Waals surface area contributed by atoms with Crippen LogP contribution < -0.4 is 14.4 Å². The molecule has 1 aliphatic heterocycles. The van der Waals surface area contributed by atoms with Gasteiger partial charge in [0.15, 0.2) is 0 Å². The molecular weight excluding hydrogens is 444 g/mol. The Morgan fingerprint density at radius 2 is 1.93 bits per heavy atom. The van der Waals surface area contributed by atoms with Crippen LogP contribution in [0.4, 0.5) is 5.82 Å². The van der Waals surface area contributed by atoms with Crippen LogP contribution in [0, 0.1) is 6.92 Å². The summed E-state index contributed by atoms with van der Waals surface area (Å²) in [6.07, 6.45) is 3.53. The Labute approximate surface area is 174 Å². The zero-order chi connectivity index (χ0) is 20.1. The number of halogens is 1. The van der Waals surface area contributed by atoms with Crippen LogP contribution in [-0.2, 0) is 16.6 Å². The number of hydrogen-bond donors (Lipinski definition) is 1. The third-order valence-electron chi connectivity index (χ3n) is 4.48. The van der Waals surface area contributed by atoms with Crippen LogP contribution in [0.1, 0.15) is 37.7 Å². The van der Waals surface area contributed by atoms with E-state index in [0.717, 1.165) is 37.4 Å². The van der Waals surface area contributed by atoms with Gasteiger partial charge in [-0.15, -0.1) is 0 Å². The van der Waals surface area contributed by atoms with Gasteiger partial charge in [0.1, 0.15) is 22.3 Å². The first-order valence-electron chi connectivity index (χ1n) is 9.40. The lowest BCUT2D eigenvalue weighted by Crippen LogP contribution is -2.31. The fraction of sp³-hybridized carbons (Fsp3) is 0.474. The molecule has 1 saturated heterocycles. The minimum Gasteiger partial charge on any atom is -0.492 e. The molecule has 0 atom stereocenters. The van der Waals surface area contributed by atoms with E-state index in [1.165, 1.54) is 12.5 Å². The number of ether oxygens (including phenoxy) is 1. The summed E-state index contributed by atoms with van der Waals surface area (Å²) >= 11 is 3.32. The van der Waals surface area contributed by atoms with Crippen molar-refractivity contribution >= 4 is 31.8 Å². The Kier molecular flexibility index (Phi) is 6.90. The number of rotatable bonds is 7. The normalized spacial score (nSPS) is 14.9. The van der Waals surface area contributed by atoms with Crippen molar-refractivity contribution in [2.24, 2.45) is 0 Å². The van der Waals surface area contributed by atoms with E-state index in [4.69, 9.17) is 4.74 Å². The molecule has 28 heavy (non-hydrogen) atoms. The fourth-order valence-electron chi connectivity index (χ4n) is 3.18. The first kappa shape index (κ1) is 21.0. The molecule has 152 valence electrons. The first-order chi connectivity index (χ1) is 13.4. The van der Waals surface area contributed by atoms with Gasteiger partial charge >= 0.3 is 0 Å². The van der Waals surface area contributed by atoms with E-state index in [2.05, 4.69) is 35.5 Å². The van der Waals surface area contributed by atoms with Crippen molar-refractivity contribution in [1.82, 2.24) is 14.7 Å². The van der Waals surface area contributed by atoms with Gasteiger partial charge in [0.05, 0.1) is 13.2 Å². The molecule has 2 aromatic rings. The van der Waals surface area contributed by atoms with Crippen LogP contribution in [0.15, 0.2) is 33.6 Å². The Morgan fingerprint density at radius 1 is 1.18 bits per heavy atom. The molecule has 0 amide bonds. The van der Waals surface area contributed by atoms with Crippen molar-refractivity contribution in [2.45, 2.75) is 44.6 Å². The van der Waals surface area contributed by atoms with Gasteiger partial charge in [0, 0.05) is 29.3 Å². The molecule has 1 N–H and O–H groups in total. The molecule has 3 rings (SSSR count). The molecule has 1 aromatic heterocycles. The van der Waals surface area contributed by atoms with Crippen molar-refractivity contribution in [3.05, 3.63) is 40.3 Å². The summed E-state index contributed by atoms with van der Waals surface area (Å²) in [5.41, 5.74) is 0.822. The molecule has 1 aromatic carbocycles. The summed E-state index contributed by atoms with van der Waals surface area (Å²) in [5, 5.41) is 0. The van der Waals surface area contributed by atoms with E-state index in [9.17, 15) is 8.42 Å². The SMILES string of the molecule is CCOc1ccc(Br)cc1S(=O)(=O)NCc1nc(C)cc(N2CCCCC2)n1. The fourth-order valence-corrected chi connectivity index (χ4v) is 4.84. The van der Waals surface area contributed by atoms with E-state index in [-0.39, 0.29) is 11.4 Å². The Bertz CT molecular complexity index is 931. The number of aromatic nitrogens is 2. The number of hydrogen-bond acceptors (Lipinski definition) is 6. The minimum atomic E-state index is -3.78. The molecule has 0 unspecified atom stereocenters. The van der Waals surface area contributed by atoms with Crippen molar-refractivity contribution in [3.8, 4) is 5.75 Å². The maximum Gasteiger partial charge on any atom is 0.244 e. The van der Waals surface area contributed by atoms with Crippen LogP contribution in [-0.4, -0.2) is 38.1 Å². The number of nitrogens with zero attached hydrogens (tertiary/aromatic N) is 3. The summed E-state index contributed by atoms with van der Waals surface area (Å²) in [6, 6.07) is 6.87. The van der Waals surface area contributed by atoms with Gasteiger partial charge in [0.25, 0.3) is 0 Å². The molecular formula is C19H25BrN4O3S. The van der Waals surface area contributed by atoms with Gasteiger partial charge in [0.2, 0.25) is 10.0 Å². The van der Waals surface area contributed by atoms with Gasteiger partial charge < -0.3 is 9.64 Å². The van der Waals surface area contributed by atoms with Crippen LogP contribution in [0.2, 0.25) is 0 Å². The molecule has 7 nitrogen and oxygen atoms in total. The standard InChI is InChI=1S/C19H25BrN4O3S/c1-3-27-16-8-7-15(20)12-17(16)28(25,26)21-13-18-22-14(2)11-19(23-18)24-9-5-4-6-10-24/h7-8,11-12,21H,3-6,9-10,13H2,1-2H3. The maximum absolute atomic E-state index is 12.8. The smallest absolute Gasteiger partial charge is 0.244 e. The van der Waals surface area contributed by atoms with Crippen molar-refractivity contribution in [3.63, 3.8) is 0 Å². The van der Waals surface area contributed by atoms with Gasteiger partial charge in [-0.2, -0.15) is 0 Å². The number of benzene rings is 1. The molecule has 0 spiro atoms. The second-order valence-electron chi connectivity index (χ2n) is 6.68. The van der Waals surface area contributed by atoms with E-state index in [0.29, 0.717) is 22.7 Å². The molecule has 0 aliphatic carbocycles. The van der Waals surface area contributed by atoms with E-state index < -0.39 is 10.0 Å². The average Bonchev–Trinajstić information content (AvgIpc) is 2.68. The zero-order valence-corrected chi connectivity index (χ0v) is 18.5. The second kappa shape index (κ2) is 9.19. The second-order valence-corrected chi connectivity index (χ2v) is 9.33. The quantitative estimate of drug-likeness (QED) is 0.669. The maximum atomic E-state index is 12.8. The summed E-state index contributed by atoms with van der Waals surface area (Å²) in [5.74, 6) is 1.63. The van der Waals surface area contributed by atoms with Crippen LogP contribution in [0.5, 0.6) is 5.75 Å². The topological polar surface area (TPSA) is 84.4 Å². The molecule has 1 fully saturated rings. The first-order valence-corrected chi connectivity index (χ1v) is 11.7. The van der Waals surface area contributed by atoms with Crippen molar-refractivity contribution in [2.75, 3.05) is 24.6 Å². The lowest BCUT2D eigenvalue weighted by atomic mass is 10.1. The zero-order valence-electron chi connectivity index (χ0n) is 16.1. The molecule has 0 bridgehead atoms. The number of sulfonamides is 1. The summed E-state index contributed by atoms with van der Waals surface area (Å²) in [7, 11) is -3.78. The Morgan fingerprint density at radius 3 is 2.64 bits per heavy atom. The largest absolute Gasteiger partial charge is 0.492 e. The molecule has 2 heterocycles. The van der Waals surface area contributed by atoms with E-state index in [1.54, 1.807) is 12.1 Å². The number of piperidine rings is 1. The highest BCUT2D eigenvalue weighted by atomic mass is 79.9. The highest BCUT2D eigenvalue weighted by molar-refractivity contribution is 9.10. The van der Waals surface area contributed by atoms with E-state index in [1.807, 2.05) is 19.9 Å². The lowest BCUT2D eigenvalue weighted by molar-refractivity contribution is 0.331.